The molecule has 0 unspecified atom stereocenters. The van der Waals surface area contributed by atoms with Crippen LogP contribution >= 0.6 is 11.8 Å². The monoisotopic (exact) mass is 515 g/mol. The van der Waals surface area contributed by atoms with Gasteiger partial charge < -0.3 is 4.74 Å². The topological polar surface area (TPSA) is 102 Å². The second-order valence-electron chi connectivity index (χ2n) is 7.92. The summed E-state index contributed by atoms with van der Waals surface area (Å²) >= 11 is 1.25. The Balaban J connectivity index is 1.59. The zero-order valence-corrected chi connectivity index (χ0v) is 20.8. The van der Waals surface area contributed by atoms with Crippen molar-refractivity contribution in [2.75, 3.05) is 12.0 Å². The smallest absolute Gasteiger partial charge is 0.271 e. The van der Waals surface area contributed by atoms with Crippen LogP contribution in [0.4, 0.5) is 11.4 Å². The molecule has 0 aromatic heterocycles. The van der Waals surface area contributed by atoms with E-state index in [1.807, 2.05) is 72.8 Å². The maximum Gasteiger partial charge on any atom is 0.271 e. The lowest BCUT2D eigenvalue weighted by Crippen LogP contribution is -2.28. The highest BCUT2D eigenvalue weighted by molar-refractivity contribution is 8.19. The van der Waals surface area contributed by atoms with Gasteiger partial charge in [0.2, 0.25) is 10.0 Å². The van der Waals surface area contributed by atoms with Gasteiger partial charge in [-0.1, -0.05) is 48.5 Å². The van der Waals surface area contributed by atoms with Crippen molar-refractivity contribution >= 4 is 61.1 Å². The molecule has 2 N–H and O–H groups in total. The first kappa shape index (κ1) is 23.8. The minimum Gasteiger partial charge on any atom is -0.496 e. The second kappa shape index (κ2) is 9.62. The van der Waals surface area contributed by atoms with Crippen molar-refractivity contribution in [1.82, 2.24) is 0 Å². The summed E-state index contributed by atoms with van der Waals surface area (Å²) in [6.45, 7) is 0. The first-order valence-electron chi connectivity index (χ1n) is 10.9. The van der Waals surface area contributed by atoms with Gasteiger partial charge in [0.1, 0.15) is 5.75 Å². The van der Waals surface area contributed by atoms with Gasteiger partial charge in [0.25, 0.3) is 5.91 Å². The van der Waals surface area contributed by atoms with E-state index in [0.717, 1.165) is 22.1 Å². The molecule has 4 aromatic rings. The van der Waals surface area contributed by atoms with E-state index in [0.29, 0.717) is 21.4 Å². The van der Waals surface area contributed by atoms with Crippen LogP contribution in [-0.2, 0) is 14.8 Å². The molecule has 1 fully saturated rings. The number of methoxy groups -OCH3 is 1. The van der Waals surface area contributed by atoms with Crippen LogP contribution in [0.2, 0.25) is 0 Å². The number of benzene rings is 4. The number of carbonyl (C=O) groups excluding carboxylic acids is 1. The third-order valence-corrected chi connectivity index (χ3v) is 7.53. The first-order valence-corrected chi connectivity index (χ1v) is 13.3. The lowest BCUT2D eigenvalue weighted by atomic mass is 10.0. The Labute approximate surface area is 213 Å². The molecule has 1 aliphatic rings. The van der Waals surface area contributed by atoms with E-state index in [1.54, 1.807) is 24.1 Å². The summed E-state index contributed by atoms with van der Waals surface area (Å²) in [6.07, 6.45) is 1.86. The first-order chi connectivity index (χ1) is 17.3. The molecular formula is C27H21N3O4S2. The molecule has 0 spiro atoms. The molecule has 0 radical (unpaired) electrons. The minimum atomic E-state index is -3.81. The number of hydrogen-bond donors (Lipinski definition) is 1. The average Bonchev–Trinajstić information content (AvgIpc) is 3.18. The number of fused-ring (bicyclic) bond motifs is 1. The fraction of sp³-hybridized carbons (Fsp3) is 0.0370. The molecule has 5 rings (SSSR count). The van der Waals surface area contributed by atoms with Gasteiger partial charge in [-0.15, -0.1) is 0 Å². The van der Waals surface area contributed by atoms with Gasteiger partial charge in [0.05, 0.1) is 28.3 Å². The van der Waals surface area contributed by atoms with Gasteiger partial charge in [-0.2, -0.15) is 0 Å². The van der Waals surface area contributed by atoms with Crippen molar-refractivity contribution in [3.05, 3.63) is 101 Å². The van der Waals surface area contributed by atoms with Gasteiger partial charge in [-0.25, -0.2) is 18.5 Å². The van der Waals surface area contributed by atoms with E-state index in [1.165, 1.54) is 23.9 Å². The normalized spacial score (nSPS) is 16.3. The number of rotatable bonds is 5. The Hall–Kier alpha value is -3.92. The van der Waals surface area contributed by atoms with E-state index < -0.39 is 10.0 Å². The van der Waals surface area contributed by atoms with Gasteiger partial charge in [-0.3, -0.25) is 9.69 Å². The molecule has 0 bridgehead atoms. The van der Waals surface area contributed by atoms with Crippen LogP contribution in [0.15, 0.2) is 106 Å². The number of hydrogen-bond acceptors (Lipinski definition) is 6. The number of para-hydroxylation sites is 1. The lowest BCUT2D eigenvalue weighted by molar-refractivity contribution is -0.113. The molecule has 1 heterocycles. The zero-order valence-electron chi connectivity index (χ0n) is 19.2. The fourth-order valence-corrected chi connectivity index (χ4v) is 5.42. The zero-order chi connectivity index (χ0) is 25.3. The summed E-state index contributed by atoms with van der Waals surface area (Å²) in [5.41, 5.74) is 2.06. The number of aliphatic imine (C=N–C) groups is 1. The number of thioether (sulfide) groups is 1. The Bertz CT molecular complexity index is 1630. The van der Waals surface area contributed by atoms with Crippen molar-refractivity contribution in [3.8, 4) is 5.75 Å². The maximum atomic E-state index is 13.6. The average molecular weight is 516 g/mol. The highest BCUT2D eigenvalue weighted by Crippen LogP contribution is 2.39. The van der Waals surface area contributed by atoms with Gasteiger partial charge in [0, 0.05) is 5.39 Å². The number of primary sulfonamides is 1. The molecule has 180 valence electrons. The predicted octanol–water partition coefficient (Wildman–Crippen LogP) is 5.30. The summed E-state index contributed by atoms with van der Waals surface area (Å²) in [5.74, 6) is 0.556. The quantitative estimate of drug-likeness (QED) is 0.363. The second-order valence-corrected chi connectivity index (χ2v) is 10.5. The Morgan fingerprint density at radius 2 is 1.56 bits per heavy atom. The van der Waals surface area contributed by atoms with Crippen LogP contribution in [0.25, 0.3) is 16.8 Å². The summed E-state index contributed by atoms with van der Waals surface area (Å²) < 4.78 is 28.7. The summed E-state index contributed by atoms with van der Waals surface area (Å²) in [6, 6.07) is 26.8. The van der Waals surface area contributed by atoms with Crippen molar-refractivity contribution in [2.45, 2.75) is 4.90 Å². The highest BCUT2D eigenvalue weighted by atomic mass is 32.2. The molecule has 4 aromatic carbocycles. The molecule has 0 saturated carbocycles. The Morgan fingerprint density at radius 1 is 0.889 bits per heavy atom. The van der Waals surface area contributed by atoms with E-state index in [2.05, 4.69) is 4.99 Å². The lowest BCUT2D eigenvalue weighted by Gasteiger charge is -2.15. The van der Waals surface area contributed by atoms with Gasteiger partial charge in [0.15, 0.2) is 5.17 Å². The molecular weight excluding hydrogens is 494 g/mol. The third kappa shape index (κ3) is 4.64. The van der Waals surface area contributed by atoms with Crippen molar-refractivity contribution in [2.24, 2.45) is 10.1 Å². The van der Waals surface area contributed by atoms with Crippen LogP contribution in [0.5, 0.6) is 5.75 Å². The molecule has 0 atom stereocenters. The standard InChI is InChI=1S/C27H21N3O4S2/c1-34-24-16-11-18(22-9-5-6-10-23(22)24)17-25-26(31)30(20-7-3-2-4-8-20)27(35-25)29-19-12-14-21(15-13-19)36(28,32)33/h2-17H,1H3,(H2,28,32,33). The predicted molar refractivity (Wildman–Crippen MR) is 145 cm³/mol. The van der Waals surface area contributed by atoms with E-state index in [9.17, 15) is 13.2 Å². The summed E-state index contributed by atoms with van der Waals surface area (Å²) in [4.78, 5) is 20.3. The largest absolute Gasteiger partial charge is 0.496 e. The molecule has 0 aliphatic carbocycles. The van der Waals surface area contributed by atoms with E-state index >= 15 is 0 Å². The van der Waals surface area contributed by atoms with E-state index in [-0.39, 0.29) is 10.8 Å². The molecule has 36 heavy (non-hydrogen) atoms. The van der Waals surface area contributed by atoms with Crippen LogP contribution in [0, 0.1) is 0 Å². The molecule has 1 aliphatic heterocycles. The molecule has 9 heteroatoms. The number of amidine groups is 1. The van der Waals surface area contributed by atoms with Crippen LogP contribution in [0.1, 0.15) is 5.56 Å². The van der Waals surface area contributed by atoms with Crippen LogP contribution < -0.4 is 14.8 Å². The summed E-state index contributed by atoms with van der Waals surface area (Å²) in [7, 11) is -2.18. The number of carbonyl (C=O) groups is 1. The number of sulfonamides is 1. The number of anilines is 1. The summed E-state index contributed by atoms with van der Waals surface area (Å²) in [5, 5.41) is 7.58. The Kier molecular flexibility index (Phi) is 6.36. The highest BCUT2D eigenvalue weighted by Gasteiger charge is 2.34. The SMILES string of the molecule is COc1ccc(C=C2SC(=Nc3ccc(S(N)(=O)=O)cc3)N(c3ccccc3)C2=O)c2ccccc12. The fourth-order valence-electron chi connectivity index (χ4n) is 3.91. The Morgan fingerprint density at radius 3 is 2.22 bits per heavy atom. The van der Waals surface area contributed by atoms with Gasteiger partial charge in [-0.05, 0) is 71.3 Å². The molecule has 1 amide bonds. The molecule has 7 nitrogen and oxygen atoms in total. The number of amides is 1. The number of nitrogens with two attached hydrogens (primary N) is 1. The van der Waals surface area contributed by atoms with Crippen molar-refractivity contribution in [3.63, 3.8) is 0 Å². The minimum absolute atomic E-state index is 0.00603. The van der Waals surface area contributed by atoms with Crippen LogP contribution in [-0.4, -0.2) is 26.6 Å². The van der Waals surface area contributed by atoms with E-state index in [4.69, 9.17) is 9.88 Å². The van der Waals surface area contributed by atoms with Crippen molar-refractivity contribution < 1.29 is 17.9 Å². The van der Waals surface area contributed by atoms with Gasteiger partial charge >= 0.3 is 0 Å². The number of ether oxygens (including phenoxy) is 1. The third-order valence-electron chi connectivity index (χ3n) is 5.64. The maximum absolute atomic E-state index is 13.6. The molecule has 1 saturated heterocycles. The van der Waals surface area contributed by atoms with Crippen LogP contribution in [0.3, 0.4) is 0 Å². The number of nitrogens with zero attached hydrogens (tertiary/aromatic N) is 2. The van der Waals surface area contributed by atoms with Crippen molar-refractivity contribution in [1.29, 1.82) is 0 Å².